The molecule has 0 spiro atoms. The van der Waals surface area contributed by atoms with E-state index in [2.05, 4.69) is 5.32 Å². The van der Waals surface area contributed by atoms with Crippen LogP contribution in [-0.2, 0) is 12.7 Å². The van der Waals surface area contributed by atoms with E-state index in [4.69, 9.17) is 34.8 Å². The number of hydrogen-bond acceptors (Lipinski definition) is 1. The zero-order valence-electron chi connectivity index (χ0n) is 10.4. The van der Waals surface area contributed by atoms with E-state index < -0.39 is 11.7 Å². The summed E-state index contributed by atoms with van der Waals surface area (Å²) in [4.78, 5) is 0. The summed E-state index contributed by atoms with van der Waals surface area (Å²) in [6.45, 7) is 0.182. The Kier molecular flexibility index (Phi) is 4.91. The highest BCUT2D eigenvalue weighted by molar-refractivity contribution is 6.42. The van der Waals surface area contributed by atoms with Gasteiger partial charge in [-0.3, -0.25) is 0 Å². The standard InChI is InChI=1S/C14H9Cl3F3N/c15-9-2-4-13(10(6-9)14(18,19)20)21-7-8-1-3-11(16)12(17)5-8/h1-6,21H,7H2. The minimum Gasteiger partial charge on any atom is -0.380 e. The van der Waals surface area contributed by atoms with Crippen molar-refractivity contribution in [2.45, 2.75) is 12.7 Å². The van der Waals surface area contributed by atoms with E-state index in [9.17, 15) is 13.2 Å². The highest BCUT2D eigenvalue weighted by Gasteiger charge is 2.33. The van der Waals surface area contributed by atoms with Gasteiger partial charge in [0, 0.05) is 17.3 Å². The Morgan fingerprint density at radius 2 is 1.62 bits per heavy atom. The number of hydrogen-bond donors (Lipinski definition) is 1. The van der Waals surface area contributed by atoms with Crippen molar-refractivity contribution in [3.63, 3.8) is 0 Å². The molecule has 0 saturated heterocycles. The molecule has 2 aromatic carbocycles. The van der Waals surface area contributed by atoms with E-state index in [-0.39, 0.29) is 17.3 Å². The van der Waals surface area contributed by atoms with Gasteiger partial charge < -0.3 is 5.32 Å². The summed E-state index contributed by atoms with van der Waals surface area (Å²) in [5, 5.41) is 3.50. The third-order valence-corrected chi connectivity index (χ3v) is 3.73. The van der Waals surface area contributed by atoms with Crippen molar-refractivity contribution in [3.05, 3.63) is 62.6 Å². The van der Waals surface area contributed by atoms with Gasteiger partial charge in [0.1, 0.15) is 0 Å². The molecule has 0 aliphatic rings. The van der Waals surface area contributed by atoms with Crippen molar-refractivity contribution < 1.29 is 13.2 Å². The molecular formula is C14H9Cl3F3N. The molecule has 0 saturated carbocycles. The molecule has 0 amide bonds. The Labute approximate surface area is 134 Å². The number of rotatable bonds is 3. The molecule has 0 aliphatic heterocycles. The van der Waals surface area contributed by atoms with Crippen LogP contribution in [0.2, 0.25) is 15.1 Å². The highest BCUT2D eigenvalue weighted by atomic mass is 35.5. The zero-order chi connectivity index (χ0) is 15.6. The highest BCUT2D eigenvalue weighted by Crippen LogP contribution is 2.36. The Morgan fingerprint density at radius 1 is 0.905 bits per heavy atom. The Bertz CT molecular complexity index is 656. The summed E-state index contributed by atoms with van der Waals surface area (Å²) >= 11 is 17.3. The van der Waals surface area contributed by atoms with Crippen LogP contribution in [0, 0.1) is 0 Å². The first-order valence-electron chi connectivity index (χ1n) is 5.82. The fourth-order valence-corrected chi connectivity index (χ4v) is 2.24. The van der Waals surface area contributed by atoms with Crippen molar-refractivity contribution in [1.82, 2.24) is 0 Å². The van der Waals surface area contributed by atoms with Gasteiger partial charge in [-0.05, 0) is 35.9 Å². The maximum atomic E-state index is 12.9. The van der Waals surface area contributed by atoms with E-state index in [0.717, 1.165) is 6.07 Å². The number of nitrogens with one attached hydrogen (secondary N) is 1. The van der Waals surface area contributed by atoms with Crippen molar-refractivity contribution in [2.75, 3.05) is 5.32 Å². The lowest BCUT2D eigenvalue weighted by Crippen LogP contribution is -2.10. The summed E-state index contributed by atoms with van der Waals surface area (Å²) in [7, 11) is 0. The molecule has 1 nitrogen and oxygen atoms in total. The lowest BCUT2D eigenvalue weighted by atomic mass is 10.1. The Morgan fingerprint density at radius 3 is 2.24 bits per heavy atom. The SMILES string of the molecule is FC(F)(F)c1cc(Cl)ccc1NCc1ccc(Cl)c(Cl)c1. The lowest BCUT2D eigenvalue weighted by molar-refractivity contribution is -0.136. The second kappa shape index (κ2) is 6.34. The van der Waals surface area contributed by atoms with Crippen LogP contribution < -0.4 is 5.32 Å². The van der Waals surface area contributed by atoms with Gasteiger partial charge in [0.2, 0.25) is 0 Å². The third-order valence-electron chi connectivity index (χ3n) is 2.75. The fraction of sp³-hybridized carbons (Fsp3) is 0.143. The van der Waals surface area contributed by atoms with Crippen LogP contribution in [0.3, 0.4) is 0 Å². The van der Waals surface area contributed by atoms with Crippen molar-refractivity contribution in [2.24, 2.45) is 0 Å². The average Bonchev–Trinajstić information content (AvgIpc) is 2.40. The largest absolute Gasteiger partial charge is 0.418 e. The topological polar surface area (TPSA) is 12.0 Å². The molecule has 2 rings (SSSR count). The third kappa shape index (κ3) is 4.19. The van der Waals surface area contributed by atoms with Crippen molar-refractivity contribution >= 4 is 40.5 Å². The fourth-order valence-electron chi connectivity index (χ4n) is 1.75. The molecule has 112 valence electrons. The maximum absolute atomic E-state index is 12.9. The smallest absolute Gasteiger partial charge is 0.380 e. The van der Waals surface area contributed by atoms with Gasteiger partial charge in [-0.15, -0.1) is 0 Å². The van der Waals surface area contributed by atoms with Crippen LogP contribution in [0.15, 0.2) is 36.4 Å². The van der Waals surface area contributed by atoms with Crippen LogP contribution in [-0.4, -0.2) is 0 Å². The molecule has 0 heterocycles. The monoisotopic (exact) mass is 353 g/mol. The number of halogens is 6. The van der Waals surface area contributed by atoms with E-state index in [1.54, 1.807) is 18.2 Å². The van der Waals surface area contributed by atoms with Crippen LogP contribution in [0.4, 0.5) is 18.9 Å². The maximum Gasteiger partial charge on any atom is 0.418 e. The normalized spacial score (nSPS) is 11.5. The molecule has 1 N–H and O–H groups in total. The Hall–Kier alpha value is -1.10. The van der Waals surface area contributed by atoms with Crippen molar-refractivity contribution in [1.29, 1.82) is 0 Å². The Balaban J connectivity index is 2.22. The molecular weight excluding hydrogens is 346 g/mol. The summed E-state index contributed by atoms with van der Waals surface area (Å²) in [5.74, 6) is 0. The quantitative estimate of drug-likeness (QED) is 0.684. The molecule has 0 fully saturated rings. The van der Waals surface area contributed by atoms with Gasteiger partial charge >= 0.3 is 6.18 Å². The number of alkyl halides is 3. The second-order valence-electron chi connectivity index (χ2n) is 4.29. The van der Waals surface area contributed by atoms with Gasteiger partial charge in [0.05, 0.1) is 15.6 Å². The van der Waals surface area contributed by atoms with Crippen LogP contribution in [0.25, 0.3) is 0 Å². The summed E-state index contributed by atoms with van der Waals surface area (Å²) in [5.41, 5.74) is -0.138. The van der Waals surface area contributed by atoms with E-state index >= 15 is 0 Å². The minimum atomic E-state index is -4.48. The van der Waals surface area contributed by atoms with E-state index in [1.807, 2.05) is 0 Å². The minimum absolute atomic E-state index is 0.0300. The first kappa shape index (κ1) is 16.3. The van der Waals surface area contributed by atoms with E-state index in [0.29, 0.717) is 15.6 Å². The number of anilines is 1. The zero-order valence-corrected chi connectivity index (χ0v) is 12.7. The molecule has 0 aliphatic carbocycles. The van der Waals surface area contributed by atoms with Crippen molar-refractivity contribution in [3.8, 4) is 0 Å². The lowest BCUT2D eigenvalue weighted by Gasteiger charge is -2.15. The molecule has 0 atom stereocenters. The molecule has 0 aromatic heterocycles. The molecule has 0 unspecified atom stereocenters. The molecule has 7 heteroatoms. The summed E-state index contributed by atoms with van der Waals surface area (Å²) < 4.78 is 38.8. The molecule has 0 radical (unpaired) electrons. The van der Waals surface area contributed by atoms with Crippen LogP contribution in [0.1, 0.15) is 11.1 Å². The summed E-state index contributed by atoms with van der Waals surface area (Å²) in [6.07, 6.45) is -4.48. The van der Waals surface area contributed by atoms with Crippen LogP contribution >= 0.6 is 34.8 Å². The van der Waals surface area contributed by atoms with Gasteiger partial charge in [-0.25, -0.2) is 0 Å². The van der Waals surface area contributed by atoms with Crippen LogP contribution in [0.5, 0.6) is 0 Å². The number of benzene rings is 2. The van der Waals surface area contributed by atoms with Gasteiger partial charge in [-0.2, -0.15) is 13.2 Å². The van der Waals surface area contributed by atoms with Gasteiger partial charge in [0.25, 0.3) is 0 Å². The predicted octanol–water partition coefficient (Wildman–Crippen LogP) is 6.28. The predicted molar refractivity (Wildman–Crippen MR) is 80.2 cm³/mol. The second-order valence-corrected chi connectivity index (χ2v) is 5.54. The molecule has 2 aromatic rings. The van der Waals surface area contributed by atoms with E-state index in [1.165, 1.54) is 12.1 Å². The average molecular weight is 355 g/mol. The first-order chi connectivity index (χ1) is 9.77. The van der Waals surface area contributed by atoms with Gasteiger partial charge in [-0.1, -0.05) is 40.9 Å². The van der Waals surface area contributed by atoms with Gasteiger partial charge in [0.15, 0.2) is 0 Å². The first-order valence-corrected chi connectivity index (χ1v) is 6.95. The molecule has 0 bridgehead atoms. The summed E-state index contributed by atoms with van der Waals surface area (Å²) in [6, 6.07) is 8.45. The molecule has 21 heavy (non-hydrogen) atoms.